The molecule has 1 saturated heterocycles. The minimum absolute atomic E-state index is 0.00407. The summed E-state index contributed by atoms with van der Waals surface area (Å²) < 4.78 is 40.4. The minimum Gasteiger partial charge on any atom is -0.365 e. The molecule has 1 unspecified atom stereocenters. The molecule has 0 aromatic carbocycles. The number of hydrogen-bond donors (Lipinski definition) is 0. The van der Waals surface area contributed by atoms with Crippen LogP contribution in [0.5, 0.6) is 0 Å². The fourth-order valence-electron chi connectivity index (χ4n) is 1.15. The third-order valence-corrected chi connectivity index (χ3v) is 1.94. The van der Waals surface area contributed by atoms with Crippen molar-refractivity contribution in [1.82, 2.24) is 0 Å². The van der Waals surface area contributed by atoms with Crippen LogP contribution in [0.25, 0.3) is 0 Å². The molecule has 1 aliphatic rings. The predicted octanol–water partition coefficient (Wildman–Crippen LogP) is 2.41. The van der Waals surface area contributed by atoms with Crippen molar-refractivity contribution in [2.75, 3.05) is 0 Å². The lowest BCUT2D eigenvalue weighted by Crippen LogP contribution is -2.08. The molecule has 0 spiro atoms. The minimum atomic E-state index is -4.11. The Bertz CT molecular complexity index is 268. The first-order valence-corrected chi connectivity index (χ1v) is 4.54. The number of carbonyl (C=O) groups is 1. The van der Waals surface area contributed by atoms with Crippen LogP contribution in [0.4, 0.5) is 13.2 Å². The quantitative estimate of drug-likeness (QED) is 0.308. The summed E-state index contributed by atoms with van der Waals surface area (Å²) in [6.07, 6.45) is 1.17. The summed E-state index contributed by atoms with van der Waals surface area (Å²) in [5.41, 5.74) is 0. The molecule has 0 radical (unpaired) electrons. The first kappa shape index (κ1) is 12.0. The molecule has 0 saturated carbocycles. The van der Waals surface area contributed by atoms with Gasteiger partial charge in [-0.2, -0.15) is 13.2 Å². The lowest BCUT2D eigenvalue weighted by Gasteiger charge is -2.02. The third-order valence-electron chi connectivity index (χ3n) is 1.94. The van der Waals surface area contributed by atoms with Crippen LogP contribution in [0.3, 0.4) is 0 Å². The summed E-state index contributed by atoms with van der Waals surface area (Å²) in [6.45, 7) is 0. The van der Waals surface area contributed by atoms with E-state index in [0.29, 0.717) is 6.29 Å². The lowest BCUT2D eigenvalue weighted by molar-refractivity contribution is -0.136. The monoisotopic (exact) mass is 220 g/mol. The zero-order valence-electron chi connectivity index (χ0n) is 7.91. The Kier molecular flexibility index (Phi) is 4.08. The Hall–Kier alpha value is -1.10. The van der Waals surface area contributed by atoms with Gasteiger partial charge in [-0.1, -0.05) is 18.2 Å². The van der Waals surface area contributed by atoms with Gasteiger partial charge in [0.25, 0.3) is 0 Å². The molecule has 1 rings (SSSR count). The molecule has 15 heavy (non-hydrogen) atoms. The summed E-state index contributed by atoms with van der Waals surface area (Å²) in [5.74, 6) is 0. The zero-order chi connectivity index (χ0) is 11.3. The van der Waals surface area contributed by atoms with Crippen molar-refractivity contribution in [2.24, 2.45) is 0 Å². The Balaban J connectivity index is 2.15. The predicted molar refractivity (Wildman–Crippen MR) is 48.3 cm³/mol. The molecule has 0 aromatic rings. The van der Waals surface area contributed by atoms with Gasteiger partial charge in [-0.05, 0) is 12.5 Å². The molecule has 5 heteroatoms. The van der Waals surface area contributed by atoms with Gasteiger partial charge in [-0.15, -0.1) is 0 Å². The van der Waals surface area contributed by atoms with Gasteiger partial charge < -0.3 is 4.74 Å². The van der Waals surface area contributed by atoms with E-state index in [2.05, 4.69) is 0 Å². The number of carbonyl (C=O) groups excluding carboxylic acids is 1. The molecule has 0 amide bonds. The fourth-order valence-corrected chi connectivity index (χ4v) is 1.15. The van der Waals surface area contributed by atoms with Gasteiger partial charge in [0, 0.05) is 6.42 Å². The highest BCUT2D eigenvalue weighted by molar-refractivity contribution is 5.65. The van der Waals surface area contributed by atoms with Crippen molar-refractivity contribution < 1.29 is 22.7 Å². The summed E-state index contributed by atoms with van der Waals surface area (Å²) in [7, 11) is 0. The second-order valence-corrected chi connectivity index (χ2v) is 3.20. The van der Waals surface area contributed by atoms with Gasteiger partial charge in [0.1, 0.15) is 12.4 Å². The van der Waals surface area contributed by atoms with Crippen molar-refractivity contribution in [3.05, 3.63) is 24.3 Å². The number of rotatable bonds is 5. The van der Waals surface area contributed by atoms with E-state index in [1.807, 2.05) is 0 Å². The van der Waals surface area contributed by atoms with E-state index < -0.39 is 12.6 Å². The molecule has 1 heterocycles. The number of alkyl halides is 3. The Morgan fingerprint density at radius 3 is 2.53 bits per heavy atom. The normalized spacial score (nSPS) is 26.3. The standard InChI is InChI=1S/C10H11F3O2/c11-10(12,13)6-5-9-8(15-9)4-2-1-3-7-14/h1-4,7-9H,5-6H2/b3-1+,4-2+/t8-,9?/m0/s1. The number of hydrogen-bond acceptors (Lipinski definition) is 2. The molecular formula is C10H11F3O2. The van der Waals surface area contributed by atoms with Crippen LogP contribution in [-0.2, 0) is 9.53 Å². The van der Waals surface area contributed by atoms with Crippen molar-refractivity contribution in [2.45, 2.75) is 31.2 Å². The van der Waals surface area contributed by atoms with E-state index >= 15 is 0 Å². The average molecular weight is 220 g/mol. The van der Waals surface area contributed by atoms with E-state index in [4.69, 9.17) is 4.74 Å². The van der Waals surface area contributed by atoms with Crippen LogP contribution in [0.1, 0.15) is 12.8 Å². The lowest BCUT2D eigenvalue weighted by atomic mass is 10.2. The van der Waals surface area contributed by atoms with Crippen LogP contribution < -0.4 is 0 Å². The van der Waals surface area contributed by atoms with Crippen molar-refractivity contribution in [3.8, 4) is 0 Å². The van der Waals surface area contributed by atoms with Crippen molar-refractivity contribution in [3.63, 3.8) is 0 Å². The molecule has 2 atom stereocenters. The SMILES string of the molecule is O=C/C=C/C=C/[C@@H]1OC1CCC(F)(F)F. The van der Waals surface area contributed by atoms with Gasteiger partial charge >= 0.3 is 6.18 Å². The highest BCUT2D eigenvalue weighted by Gasteiger charge is 2.39. The van der Waals surface area contributed by atoms with Gasteiger partial charge in [0.2, 0.25) is 0 Å². The van der Waals surface area contributed by atoms with Gasteiger partial charge in [-0.3, -0.25) is 4.79 Å². The smallest absolute Gasteiger partial charge is 0.365 e. The first-order chi connectivity index (χ1) is 7.03. The van der Waals surface area contributed by atoms with Crippen LogP contribution in [-0.4, -0.2) is 24.7 Å². The zero-order valence-corrected chi connectivity index (χ0v) is 7.91. The van der Waals surface area contributed by atoms with E-state index in [-0.39, 0.29) is 18.6 Å². The molecule has 0 N–H and O–H groups in total. The Labute approximate surface area is 85.4 Å². The molecule has 1 aliphatic heterocycles. The first-order valence-electron chi connectivity index (χ1n) is 4.54. The Morgan fingerprint density at radius 2 is 1.93 bits per heavy atom. The maximum absolute atomic E-state index is 11.8. The van der Waals surface area contributed by atoms with E-state index in [1.165, 1.54) is 12.2 Å². The van der Waals surface area contributed by atoms with Crippen LogP contribution >= 0.6 is 0 Å². The summed E-state index contributed by atoms with van der Waals surface area (Å²) in [4.78, 5) is 9.87. The highest BCUT2D eigenvalue weighted by Crippen LogP contribution is 2.32. The summed E-state index contributed by atoms with van der Waals surface area (Å²) >= 11 is 0. The maximum atomic E-state index is 11.8. The van der Waals surface area contributed by atoms with Gasteiger partial charge in [0.05, 0.1) is 6.10 Å². The van der Waals surface area contributed by atoms with Crippen LogP contribution in [0.15, 0.2) is 24.3 Å². The van der Waals surface area contributed by atoms with Crippen molar-refractivity contribution in [1.29, 1.82) is 0 Å². The third kappa shape index (κ3) is 5.37. The number of halogens is 3. The largest absolute Gasteiger partial charge is 0.389 e. The molecule has 1 fully saturated rings. The van der Waals surface area contributed by atoms with Gasteiger partial charge in [-0.25, -0.2) is 0 Å². The fraction of sp³-hybridized carbons (Fsp3) is 0.500. The van der Waals surface area contributed by atoms with Gasteiger partial charge in [0.15, 0.2) is 0 Å². The number of epoxide rings is 1. The second-order valence-electron chi connectivity index (χ2n) is 3.20. The van der Waals surface area contributed by atoms with E-state index in [9.17, 15) is 18.0 Å². The number of aldehydes is 1. The molecule has 84 valence electrons. The average Bonchev–Trinajstić information content (AvgIpc) is 2.87. The molecule has 0 aromatic heterocycles. The van der Waals surface area contributed by atoms with E-state index in [0.717, 1.165) is 0 Å². The van der Waals surface area contributed by atoms with E-state index in [1.54, 1.807) is 12.2 Å². The van der Waals surface area contributed by atoms with Crippen LogP contribution in [0.2, 0.25) is 0 Å². The van der Waals surface area contributed by atoms with Crippen molar-refractivity contribution >= 4 is 6.29 Å². The summed E-state index contributed by atoms with van der Waals surface area (Å²) in [5, 5.41) is 0. The van der Waals surface area contributed by atoms with Crippen LogP contribution in [0, 0.1) is 0 Å². The molecule has 2 nitrogen and oxygen atoms in total. The molecule has 0 aliphatic carbocycles. The second kappa shape index (κ2) is 5.11. The number of ether oxygens (including phenoxy) is 1. The highest BCUT2D eigenvalue weighted by atomic mass is 19.4. The summed E-state index contributed by atoms with van der Waals surface area (Å²) in [6, 6.07) is 0. The Morgan fingerprint density at radius 1 is 1.20 bits per heavy atom. The molecular weight excluding hydrogens is 209 g/mol. The topological polar surface area (TPSA) is 29.6 Å². The maximum Gasteiger partial charge on any atom is 0.389 e. The molecule has 0 bridgehead atoms. The number of allylic oxidation sites excluding steroid dienone is 3.